The third-order valence-corrected chi connectivity index (χ3v) is 2.58. The van der Waals surface area contributed by atoms with Crippen LogP contribution in [-0.4, -0.2) is 17.9 Å². The average molecular weight is 254 g/mol. The van der Waals surface area contributed by atoms with Gasteiger partial charge in [0.25, 0.3) is 0 Å². The summed E-state index contributed by atoms with van der Waals surface area (Å²) in [6.45, 7) is 7.00. The van der Waals surface area contributed by atoms with E-state index in [0.717, 1.165) is 12.1 Å². The van der Waals surface area contributed by atoms with Gasteiger partial charge in [0.1, 0.15) is 5.78 Å². The van der Waals surface area contributed by atoms with Crippen LogP contribution in [-0.2, 0) is 11.2 Å². The molecule has 1 aromatic carbocycles. The summed E-state index contributed by atoms with van der Waals surface area (Å²) in [4.78, 5) is 11.7. The Balaban J connectivity index is 2.35. The quantitative estimate of drug-likeness (QED) is 0.873. The molecule has 0 spiro atoms. The van der Waals surface area contributed by atoms with Crippen molar-refractivity contribution in [3.05, 3.63) is 34.9 Å². The molecule has 0 bridgehead atoms. The second-order valence-corrected chi connectivity index (χ2v) is 5.71. The lowest BCUT2D eigenvalue weighted by Crippen LogP contribution is -2.37. The molecule has 0 fully saturated rings. The van der Waals surface area contributed by atoms with Crippen LogP contribution in [0.15, 0.2) is 24.3 Å². The van der Waals surface area contributed by atoms with Gasteiger partial charge in [-0.15, -0.1) is 0 Å². The van der Waals surface area contributed by atoms with Crippen molar-refractivity contribution in [3.63, 3.8) is 0 Å². The summed E-state index contributed by atoms with van der Waals surface area (Å²) in [6, 6.07) is 7.46. The summed E-state index contributed by atoms with van der Waals surface area (Å²) in [7, 11) is 0. The Morgan fingerprint density at radius 1 is 1.35 bits per heavy atom. The Morgan fingerprint density at radius 3 is 2.65 bits per heavy atom. The molecule has 0 aliphatic heterocycles. The van der Waals surface area contributed by atoms with Crippen LogP contribution in [0.4, 0.5) is 0 Å². The monoisotopic (exact) mass is 253 g/mol. The zero-order chi connectivity index (χ0) is 12.9. The van der Waals surface area contributed by atoms with Crippen molar-refractivity contribution in [2.24, 2.45) is 0 Å². The van der Waals surface area contributed by atoms with Gasteiger partial charge in [0.15, 0.2) is 0 Å². The van der Waals surface area contributed by atoms with Crippen LogP contribution >= 0.6 is 11.6 Å². The van der Waals surface area contributed by atoms with Crippen molar-refractivity contribution in [3.8, 4) is 0 Å². The molecule has 0 atom stereocenters. The Kier molecular flexibility index (Phi) is 5.16. The van der Waals surface area contributed by atoms with E-state index in [1.807, 2.05) is 24.3 Å². The first-order chi connectivity index (χ1) is 7.87. The minimum atomic E-state index is 0.0658. The number of rotatable bonds is 5. The van der Waals surface area contributed by atoms with Gasteiger partial charge in [0.05, 0.1) is 0 Å². The lowest BCUT2D eigenvalue weighted by Gasteiger charge is -2.20. The Hall–Kier alpha value is -0.860. The summed E-state index contributed by atoms with van der Waals surface area (Å²) in [5, 5.41) is 3.99. The summed E-state index contributed by atoms with van der Waals surface area (Å²) in [5.41, 5.74) is 1.05. The van der Waals surface area contributed by atoms with Crippen LogP contribution < -0.4 is 5.32 Å². The standard InChI is InChI=1S/C14H20ClNO/c1-14(2,3)16-8-7-13(17)10-11-5-4-6-12(15)9-11/h4-6,9,16H,7-8,10H2,1-3H3. The molecule has 0 heterocycles. The van der Waals surface area contributed by atoms with E-state index in [0.29, 0.717) is 17.9 Å². The summed E-state index contributed by atoms with van der Waals surface area (Å²) in [6.07, 6.45) is 1.02. The van der Waals surface area contributed by atoms with Gasteiger partial charge in [-0.05, 0) is 38.5 Å². The number of carbonyl (C=O) groups is 1. The lowest BCUT2D eigenvalue weighted by molar-refractivity contribution is -0.118. The van der Waals surface area contributed by atoms with Gasteiger partial charge < -0.3 is 5.32 Å². The first-order valence-corrected chi connectivity index (χ1v) is 6.26. The van der Waals surface area contributed by atoms with Gasteiger partial charge in [-0.25, -0.2) is 0 Å². The van der Waals surface area contributed by atoms with Crippen LogP contribution in [0.25, 0.3) is 0 Å². The predicted octanol–water partition coefficient (Wildman–Crippen LogP) is 3.23. The number of carbonyl (C=O) groups excluding carboxylic acids is 1. The molecule has 94 valence electrons. The molecular weight excluding hydrogens is 234 g/mol. The Morgan fingerprint density at radius 2 is 2.06 bits per heavy atom. The highest BCUT2D eigenvalue weighted by Gasteiger charge is 2.10. The molecule has 0 aliphatic rings. The van der Waals surface area contributed by atoms with Crippen molar-refractivity contribution < 1.29 is 4.79 Å². The van der Waals surface area contributed by atoms with Gasteiger partial charge in [0, 0.05) is 29.9 Å². The van der Waals surface area contributed by atoms with E-state index >= 15 is 0 Å². The molecular formula is C14H20ClNO. The zero-order valence-electron chi connectivity index (χ0n) is 10.7. The highest BCUT2D eigenvalue weighted by Crippen LogP contribution is 2.11. The maximum atomic E-state index is 11.7. The van der Waals surface area contributed by atoms with E-state index in [4.69, 9.17) is 11.6 Å². The van der Waals surface area contributed by atoms with Crippen LogP contribution in [0.3, 0.4) is 0 Å². The first kappa shape index (κ1) is 14.2. The Bertz CT molecular complexity index is 382. The highest BCUT2D eigenvalue weighted by atomic mass is 35.5. The third-order valence-electron chi connectivity index (χ3n) is 2.35. The molecule has 0 saturated heterocycles. The van der Waals surface area contributed by atoms with E-state index in [1.165, 1.54) is 0 Å². The molecule has 1 rings (SSSR count). The maximum Gasteiger partial charge on any atom is 0.138 e. The van der Waals surface area contributed by atoms with Crippen molar-refractivity contribution in [1.82, 2.24) is 5.32 Å². The van der Waals surface area contributed by atoms with E-state index in [9.17, 15) is 4.79 Å². The molecule has 17 heavy (non-hydrogen) atoms. The Labute approximate surface area is 108 Å². The second kappa shape index (κ2) is 6.18. The van der Waals surface area contributed by atoms with Gasteiger partial charge >= 0.3 is 0 Å². The second-order valence-electron chi connectivity index (χ2n) is 5.27. The van der Waals surface area contributed by atoms with E-state index in [2.05, 4.69) is 26.1 Å². The van der Waals surface area contributed by atoms with Crippen molar-refractivity contribution in [2.75, 3.05) is 6.54 Å². The van der Waals surface area contributed by atoms with Crippen LogP contribution in [0.1, 0.15) is 32.8 Å². The summed E-state index contributed by atoms with van der Waals surface area (Å²) >= 11 is 5.87. The maximum absolute atomic E-state index is 11.7. The van der Waals surface area contributed by atoms with Gasteiger partial charge in [-0.3, -0.25) is 4.79 Å². The third kappa shape index (κ3) is 6.44. The fourth-order valence-corrected chi connectivity index (χ4v) is 1.75. The predicted molar refractivity (Wildman–Crippen MR) is 72.5 cm³/mol. The molecule has 0 radical (unpaired) electrons. The molecule has 0 amide bonds. The van der Waals surface area contributed by atoms with Gasteiger partial charge in [0.2, 0.25) is 0 Å². The van der Waals surface area contributed by atoms with Crippen molar-refractivity contribution >= 4 is 17.4 Å². The number of benzene rings is 1. The zero-order valence-corrected chi connectivity index (χ0v) is 11.5. The molecule has 2 nitrogen and oxygen atoms in total. The first-order valence-electron chi connectivity index (χ1n) is 5.88. The number of hydrogen-bond acceptors (Lipinski definition) is 2. The molecule has 0 unspecified atom stereocenters. The lowest BCUT2D eigenvalue weighted by atomic mass is 10.1. The van der Waals surface area contributed by atoms with Gasteiger partial charge in [-0.1, -0.05) is 23.7 Å². The fourth-order valence-electron chi connectivity index (χ4n) is 1.54. The van der Waals surface area contributed by atoms with Crippen LogP contribution in [0.2, 0.25) is 5.02 Å². The minimum Gasteiger partial charge on any atom is -0.312 e. The van der Waals surface area contributed by atoms with Crippen molar-refractivity contribution in [1.29, 1.82) is 0 Å². The number of Topliss-reactive ketones (excluding diaryl/α,β-unsaturated/α-hetero) is 1. The molecule has 1 aromatic rings. The van der Waals surface area contributed by atoms with Crippen LogP contribution in [0, 0.1) is 0 Å². The van der Waals surface area contributed by atoms with E-state index in [1.54, 1.807) is 0 Å². The van der Waals surface area contributed by atoms with E-state index < -0.39 is 0 Å². The average Bonchev–Trinajstić information content (AvgIpc) is 2.15. The topological polar surface area (TPSA) is 29.1 Å². The van der Waals surface area contributed by atoms with Crippen LogP contribution in [0.5, 0.6) is 0 Å². The highest BCUT2D eigenvalue weighted by molar-refractivity contribution is 6.30. The van der Waals surface area contributed by atoms with Gasteiger partial charge in [-0.2, -0.15) is 0 Å². The number of hydrogen-bond donors (Lipinski definition) is 1. The number of halogens is 1. The summed E-state index contributed by atoms with van der Waals surface area (Å²) in [5.74, 6) is 0.240. The molecule has 1 N–H and O–H groups in total. The summed E-state index contributed by atoms with van der Waals surface area (Å²) < 4.78 is 0. The minimum absolute atomic E-state index is 0.0658. The molecule has 3 heteroatoms. The number of ketones is 1. The fraction of sp³-hybridized carbons (Fsp3) is 0.500. The SMILES string of the molecule is CC(C)(C)NCCC(=O)Cc1cccc(Cl)c1. The smallest absolute Gasteiger partial charge is 0.138 e. The van der Waals surface area contributed by atoms with E-state index in [-0.39, 0.29) is 11.3 Å². The number of nitrogens with one attached hydrogen (secondary N) is 1. The largest absolute Gasteiger partial charge is 0.312 e. The molecule has 0 aromatic heterocycles. The van der Waals surface area contributed by atoms with Crippen molar-refractivity contribution in [2.45, 2.75) is 39.2 Å². The molecule has 0 aliphatic carbocycles. The normalized spacial score (nSPS) is 11.5. The molecule has 0 saturated carbocycles.